The van der Waals surface area contributed by atoms with Crippen molar-refractivity contribution >= 4 is 20.7 Å². The minimum absolute atomic E-state index is 0.0207. The van der Waals surface area contributed by atoms with Crippen LogP contribution in [0.2, 0.25) is 0 Å². The SMILES string of the molecule is O=C(N[C@@H](Cc1ccc(OP(O)O)cc1)C(=O)O)OCC1c2ccccc2-c2ccccc21. The summed E-state index contributed by atoms with van der Waals surface area (Å²) in [5, 5.41) is 12.0. The Balaban J connectivity index is 1.39. The highest BCUT2D eigenvalue weighted by atomic mass is 31.2. The molecule has 1 aliphatic carbocycles. The number of rotatable bonds is 8. The predicted octanol–water partition coefficient (Wildman–Crippen LogP) is 3.81. The zero-order chi connectivity index (χ0) is 23.4. The molecule has 0 radical (unpaired) electrons. The smallest absolute Gasteiger partial charge is 0.407 e. The minimum Gasteiger partial charge on any atom is -0.480 e. The van der Waals surface area contributed by atoms with E-state index in [1.54, 1.807) is 12.1 Å². The van der Waals surface area contributed by atoms with Crippen molar-refractivity contribution in [3.05, 3.63) is 89.5 Å². The Kier molecular flexibility index (Phi) is 6.89. The lowest BCUT2D eigenvalue weighted by atomic mass is 9.98. The van der Waals surface area contributed by atoms with E-state index in [9.17, 15) is 14.7 Å². The Morgan fingerprint density at radius 3 is 2.03 bits per heavy atom. The van der Waals surface area contributed by atoms with E-state index in [0.29, 0.717) is 5.56 Å². The average Bonchev–Trinajstić information content (AvgIpc) is 3.12. The number of amides is 1. The number of fused-ring (bicyclic) bond motifs is 3. The zero-order valence-corrected chi connectivity index (χ0v) is 18.3. The fourth-order valence-corrected chi connectivity index (χ4v) is 4.31. The van der Waals surface area contributed by atoms with Gasteiger partial charge in [-0.2, -0.15) is 0 Å². The standard InChI is InChI=1S/C24H22NO7P/c26-23(27)22(13-15-9-11-16(12-10-15)32-33(29)30)25-24(28)31-14-21-19-7-3-1-5-17(19)18-6-2-4-8-20(18)21/h1-12,21-22,29-30H,13-14H2,(H,25,28)(H,26,27)/t22-/m0/s1. The molecule has 3 aromatic rings. The maximum atomic E-state index is 12.4. The zero-order valence-electron chi connectivity index (χ0n) is 17.4. The van der Waals surface area contributed by atoms with Crippen molar-refractivity contribution < 1.29 is 33.7 Å². The molecule has 0 heterocycles. The molecule has 0 spiro atoms. The molecule has 170 valence electrons. The van der Waals surface area contributed by atoms with Crippen molar-refractivity contribution in [2.24, 2.45) is 0 Å². The van der Waals surface area contributed by atoms with Gasteiger partial charge >= 0.3 is 20.7 Å². The summed E-state index contributed by atoms with van der Waals surface area (Å²) in [5.74, 6) is -1.08. The van der Waals surface area contributed by atoms with E-state index in [4.69, 9.17) is 19.0 Å². The van der Waals surface area contributed by atoms with Gasteiger partial charge in [0, 0.05) is 12.3 Å². The number of carboxylic acids is 1. The molecule has 0 aromatic heterocycles. The lowest BCUT2D eigenvalue weighted by Gasteiger charge is -2.17. The number of hydrogen-bond donors (Lipinski definition) is 4. The fraction of sp³-hybridized carbons (Fsp3) is 0.167. The Labute approximate surface area is 191 Å². The van der Waals surface area contributed by atoms with E-state index in [-0.39, 0.29) is 24.7 Å². The molecule has 1 atom stereocenters. The van der Waals surface area contributed by atoms with E-state index < -0.39 is 26.7 Å². The molecule has 0 bridgehead atoms. The van der Waals surface area contributed by atoms with Crippen LogP contribution in [0, 0.1) is 0 Å². The average molecular weight is 467 g/mol. The number of carbonyl (C=O) groups is 2. The summed E-state index contributed by atoms with van der Waals surface area (Å²) < 4.78 is 10.2. The quantitative estimate of drug-likeness (QED) is 0.371. The monoisotopic (exact) mass is 467 g/mol. The topological polar surface area (TPSA) is 125 Å². The molecule has 0 saturated carbocycles. The van der Waals surface area contributed by atoms with Gasteiger partial charge in [0.1, 0.15) is 18.4 Å². The van der Waals surface area contributed by atoms with Gasteiger partial charge in [0.15, 0.2) is 0 Å². The van der Waals surface area contributed by atoms with Gasteiger partial charge in [0.05, 0.1) is 0 Å². The Bertz CT molecular complexity index is 1100. The normalized spacial score (nSPS) is 13.2. The molecule has 8 nitrogen and oxygen atoms in total. The van der Waals surface area contributed by atoms with Gasteiger partial charge in [-0.15, -0.1) is 0 Å². The molecule has 4 N–H and O–H groups in total. The molecule has 4 rings (SSSR count). The second-order valence-electron chi connectivity index (χ2n) is 7.55. The predicted molar refractivity (Wildman–Crippen MR) is 122 cm³/mol. The second kappa shape index (κ2) is 10.0. The minimum atomic E-state index is -2.53. The van der Waals surface area contributed by atoms with E-state index in [2.05, 4.69) is 5.32 Å². The van der Waals surface area contributed by atoms with E-state index >= 15 is 0 Å². The molecule has 1 aliphatic rings. The molecule has 3 aromatic carbocycles. The van der Waals surface area contributed by atoms with Crippen LogP contribution in [0.25, 0.3) is 11.1 Å². The first-order chi connectivity index (χ1) is 15.9. The van der Waals surface area contributed by atoms with Crippen molar-refractivity contribution in [2.75, 3.05) is 6.61 Å². The molecule has 1 amide bonds. The van der Waals surface area contributed by atoms with Crippen LogP contribution in [0.3, 0.4) is 0 Å². The number of alkyl carbamates (subject to hydrolysis) is 1. The molecule has 0 saturated heterocycles. The number of ether oxygens (including phenoxy) is 1. The summed E-state index contributed by atoms with van der Waals surface area (Å²) in [6.07, 6.45) is -0.789. The van der Waals surface area contributed by atoms with Crippen molar-refractivity contribution in [3.63, 3.8) is 0 Å². The van der Waals surface area contributed by atoms with Crippen LogP contribution in [0.15, 0.2) is 72.8 Å². The van der Waals surface area contributed by atoms with Gasteiger partial charge in [0.2, 0.25) is 0 Å². The molecule has 0 aliphatic heterocycles. The third-order valence-electron chi connectivity index (χ3n) is 5.48. The molecule has 9 heteroatoms. The van der Waals surface area contributed by atoms with Gasteiger partial charge in [-0.3, -0.25) is 0 Å². The third-order valence-corrected chi connectivity index (χ3v) is 5.86. The van der Waals surface area contributed by atoms with Gasteiger partial charge in [0.25, 0.3) is 0 Å². The highest BCUT2D eigenvalue weighted by Crippen LogP contribution is 2.44. The van der Waals surface area contributed by atoms with Crippen molar-refractivity contribution in [2.45, 2.75) is 18.4 Å². The molecular weight excluding hydrogens is 445 g/mol. The third kappa shape index (κ3) is 5.31. The largest absolute Gasteiger partial charge is 0.480 e. The summed E-state index contributed by atoms with van der Waals surface area (Å²) in [6.45, 7) is 0.0868. The molecule has 0 fully saturated rings. The van der Waals surface area contributed by atoms with E-state index in [0.717, 1.165) is 22.3 Å². The van der Waals surface area contributed by atoms with Crippen LogP contribution in [0.4, 0.5) is 4.79 Å². The number of hydrogen-bond acceptors (Lipinski definition) is 6. The maximum Gasteiger partial charge on any atom is 0.407 e. The van der Waals surface area contributed by atoms with E-state index in [1.165, 1.54) is 12.1 Å². The highest BCUT2D eigenvalue weighted by Gasteiger charge is 2.29. The first-order valence-corrected chi connectivity index (χ1v) is 11.4. The summed E-state index contributed by atoms with van der Waals surface area (Å²) in [4.78, 5) is 41.9. The van der Waals surface area contributed by atoms with Crippen molar-refractivity contribution in [1.29, 1.82) is 0 Å². The first kappa shape index (κ1) is 22.7. The van der Waals surface area contributed by atoms with Crippen molar-refractivity contribution in [3.8, 4) is 16.9 Å². The molecule has 33 heavy (non-hydrogen) atoms. The molecule has 0 unspecified atom stereocenters. The lowest BCUT2D eigenvalue weighted by Crippen LogP contribution is -2.42. The number of aliphatic carboxylic acids is 1. The van der Waals surface area contributed by atoms with Gasteiger partial charge in [-0.1, -0.05) is 60.7 Å². The van der Waals surface area contributed by atoms with Gasteiger partial charge < -0.3 is 29.5 Å². The van der Waals surface area contributed by atoms with E-state index in [1.807, 2.05) is 48.5 Å². The summed E-state index contributed by atoms with van der Waals surface area (Å²) >= 11 is 0. The fourth-order valence-electron chi connectivity index (χ4n) is 4.00. The lowest BCUT2D eigenvalue weighted by molar-refractivity contribution is -0.139. The summed E-state index contributed by atoms with van der Waals surface area (Å²) in [5.41, 5.74) is 4.96. The Hall–Kier alpha value is -3.45. The van der Waals surface area contributed by atoms with Crippen LogP contribution in [0.1, 0.15) is 22.6 Å². The van der Waals surface area contributed by atoms with Crippen molar-refractivity contribution in [1.82, 2.24) is 5.32 Å². The highest BCUT2D eigenvalue weighted by molar-refractivity contribution is 7.39. The number of carbonyl (C=O) groups excluding carboxylic acids is 1. The summed E-state index contributed by atoms with van der Waals surface area (Å²) in [7, 11) is -2.53. The number of nitrogens with one attached hydrogen (secondary N) is 1. The van der Waals surface area contributed by atoms with Crippen LogP contribution in [-0.4, -0.2) is 39.6 Å². The van der Waals surface area contributed by atoms with Gasteiger partial charge in [-0.25, -0.2) is 9.59 Å². The molecular formula is C24H22NO7P. The maximum absolute atomic E-state index is 12.4. The summed E-state index contributed by atoms with van der Waals surface area (Å²) in [6, 6.07) is 20.9. The van der Waals surface area contributed by atoms with Gasteiger partial charge in [-0.05, 0) is 39.9 Å². The second-order valence-corrected chi connectivity index (χ2v) is 8.24. The number of carboxylic acid groups (broad SMARTS) is 1. The van der Waals surface area contributed by atoms with Crippen LogP contribution in [0.5, 0.6) is 5.75 Å². The Morgan fingerprint density at radius 1 is 0.909 bits per heavy atom. The van der Waals surface area contributed by atoms with Crippen LogP contribution < -0.4 is 9.84 Å². The number of benzene rings is 3. The van der Waals surface area contributed by atoms with Crippen LogP contribution >= 0.6 is 8.60 Å². The first-order valence-electron chi connectivity index (χ1n) is 10.2. The van der Waals surface area contributed by atoms with Crippen LogP contribution in [-0.2, 0) is 16.0 Å². The Morgan fingerprint density at radius 2 is 1.48 bits per heavy atom.